The summed E-state index contributed by atoms with van der Waals surface area (Å²) in [5, 5.41) is 3.15. The molecule has 1 aromatic rings. The molecule has 100 valence electrons. The van der Waals surface area contributed by atoms with Crippen molar-refractivity contribution in [2.45, 2.75) is 13.3 Å². The lowest BCUT2D eigenvalue weighted by atomic mass is 10.4. The van der Waals surface area contributed by atoms with Crippen molar-refractivity contribution in [3.63, 3.8) is 0 Å². The van der Waals surface area contributed by atoms with Crippen LogP contribution in [0.4, 0.5) is 5.82 Å². The summed E-state index contributed by atoms with van der Waals surface area (Å²) in [4.78, 5) is 21.5. The molecule has 6 nitrogen and oxygen atoms in total. The lowest BCUT2D eigenvalue weighted by molar-refractivity contribution is 0.0512. The van der Waals surface area contributed by atoms with Gasteiger partial charge in [0.1, 0.15) is 5.82 Å². The Hall–Kier alpha value is -1.69. The summed E-state index contributed by atoms with van der Waals surface area (Å²) < 4.78 is 4.84. The molecule has 1 N–H and O–H groups in total. The topological polar surface area (TPSA) is 67.3 Å². The lowest BCUT2D eigenvalue weighted by Crippen LogP contribution is -2.17. The maximum Gasteiger partial charge on any atom is 0.376 e. The van der Waals surface area contributed by atoms with E-state index < -0.39 is 5.97 Å². The second-order valence-electron chi connectivity index (χ2n) is 4.07. The van der Waals surface area contributed by atoms with Gasteiger partial charge in [0.05, 0.1) is 6.61 Å². The fourth-order valence-corrected chi connectivity index (χ4v) is 1.36. The Morgan fingerprint density at radius 3 is 2.94 bits per heavy atom. The Balaban J connectivity index is 2.46. The van der Waals surface area contributed by atoms with Crippen molar-refractivity contribution in [2.24, 2.45) is 0 Å². The average molecular weight is 252 g/mol. The van der Waals surface area contributed by atoms with Crippen molar-refractivity contribution in [3.05, 3.63) is 18.1 Å². The molecular formula is C12H20N4O2. The fraction of sp³-hybridized carbons (Fsp3) is 0.583. The molecule has 0 aromatic carbocycles. The van der Waals surface area contributed by atoms with E-state index in [0.29, 0.717) is 12.4 Å². The number of hydrogen-bond acceptors (Lipinski definition) is 6. The van der Waals surface area contributed by atoms with Gasteiger partial charge >= 0.3 is 5.97 Å². The van der Waals surface area contributed by atoms with Crippen molar-refractivity contribution < 1.29 is 9.53 Å². The van der Waals surface area contributed by atoms with Crippen LogP contribution in [0.2, 0.25) is 0 Å². The van der Waals surface area contributed by atoms with Gasteiger partial charge in [0.2, 0.25) is 5.82 Å². The number of aromatic nitrogens is 2. The molecule has 1 aromatic heterocycles. The number of rotatable bonds is 7. The van der Waals surface area contributed by atoms with E-state index in [1.54, 1.807) is 19.2 Å². The van der Waals surface area contributed by atoms with Crippen molar-refractivity contribution in [1.82, 2.24) is 14.9 Å². The summed E-state index contributed by atoms with van der Waals surface area (Å²) >= 11 is 0. The highest BCUT2D eigenvalue weighted by Gasteiger charge is 2.10. The molecule has 1 rings (SSSR count). The fourth-order valence-electron chi connectivity index (χ4n) is 1.36. The Morgan fingerprint density at radius 1 is 1.50 bits per heavy atom. The van der Waals surface area contributed by atoms with Gasteiger partial charge in [0, 0.05) is 12.7 Å². The number of nitrogens with one attached hydrogen (secondary N) is 1. The summed E-state index contributed by atoms with van der Waals surface area (Å²) in [5.41, 5.74) is 0. The monoisotopic (exact) mass is 252 g/mol. The van der Waals surface area contributed by atoms with E-state index in [9.17, 15) is 4.79 Å². The van der Waals surface area contributed by atoms with E-state index in [-0.39, 0.29) is 5.82 Å². The largest absolute Gasteiger partial charge is 0.460 e. The van der Waals surface area contributed by atoms with Crippen LogP contribution in [-0.2, 0) is 4.74 Å². The third-order valence-corrected chi connectivity index (χ3v) is 2.20. The molecule has 1 heterocycles. The molecule has 0 aliphatic rings. The molecule has 0 radical (unpaired) electrons. The van der Waals surface area contributed by atoms with Crippen molar-refractivity contribution >= 4 is 11.8 Å². The van der Waals surface area contributed by atoms with Crippen LogP contribution in [0.5, 0.6) is 0 Å². The van der Waals surface area contributed by atoms with Gasteiger partial charge in [-0.05, 0) is 40.1 Å². The number of carbonyl (C=O) groups is 1. The molecule has 0 saturated carbocycles. The van der Waals surface area contributed by atoms with E-state index >= 15 is 0 Å². The Labute approximate surface area is 107 Å². The van der Waals surface area contributed by atoms with E-state index in [1.165, 1.54) is 0 Å². The van der Waals surface area contributed by atoms with Crippen LogP contribution in [0.3, 0.4) is 0 Å². The van der Waals surface area contributed by atoms with Crippen LogP contribution in [0.15, 0.2) is 12.3 Å². The van der Waals surface area contributed by atoms with Gasteiger partial charge in [-0.15, -0.1) is 0 Å². The van der Waals surface area contributed by atoms with E-state index in [2.05, 4.69) is 20.2 Å². The molecule has 0 bridgehead atoms. The smallest absolute Gasteiger partial charge is 0.376 e. The van der Waals surface area contributed by atoms with Crippen molar-refractivity contribution in [3.8, 4) is 0 Å². The molecule has 0 aliphatic heterocycles. The van der Waals surface area contributed by atoms with E-state index in [0.717, 1.165) is 19.5 Å². The second-order valence-corrected chi connectivity index (χ2v) is 4.07. The molecule has 0 fully saturated rings. The normalized spacial score (nSPS) is 10.4. The summed E-state index contributed by atoms with van der Waals surface area (Å²) in [6, 6.07) is 1.73. The number of nitrogens with zero attached hydrogens (tertiary/aromatic N) is 3. The standard InChI is InChI=1S/C12H20N4O2/c1-4-18-12(17)11-14-8-6-10(15-11)13-7-5-9-16(2)3/h6,8H,4-5,7,9H2,1-3H3,(H,13,14,15). The Kier molecular flexibility index (Phi) is 6.07. The highest BCUT2D eigenvalue weighted by Crippen LogP contribution is 2.03. The first kappa shape index (κ1) is 14.4. The van der Waals surface area contributed by atoms with Gasteiger partial charge in [-0.1, -0.05) is 0 Å². The van der Waals surface area contributed by atoms with Crippen LogP contribution in [0.1, 0.15) is 24.0 Å². The number of carbonyl (C=O) groups excluding carboxylic acids is 1. The summed E-state index contributed by atoms with van der Waals surface area (Å²) in [6.07, 6.45) is 2.55. The van der Waals surface area contributed by atoms with Gasteiger partial charge in [0.25, 0.3) is 0 Å². The minimum absolute atomic E-state index is 0.0921. The van der Waals surface area contributed by atoms with Crippen LogP contribution in [0, 0.1) is 0 Å². The van der Waals surface area contributed by atoms with Crippen LogP contribution in [-0.4, -0.2) is 54.6 Å². The van der Waals surface area contributed by atoms with Crippen LogP contribution in [0.25, 0.3) is 0 Å². The van der Waals surface area contributed by atoms with Gasteiger partial charge in [-0.2, -0.15) is 0 Å². The molecule has 0 spiro atoms. The highest BCUT2D eigenvalue weighted by atomic mass is 16.5. The van der Waals surface area contributed by atoms with Crippen LogP contribution < -0.4 is 5.32 Å². The Morgan fingerprint density at radius 2 is 2.28 bits per heavy atom. The van der Waals surface area contributed by atoms with Gasteiger partial charge in [-0.3, -0.25) is 0 Å². The van der Waals surface area contributed by atoms with E-state index in [4.69, 9.17) is 4.74 Å². The molecular weight excluding hydrogens is 232 g/mol. The number of esters is 1. The minimum Gasteiger partial charge on any atom is -0.460 e. The van der Waals surface area contributed by atoms with Gasteiger partial charge in [0.15, 0.2) is 0 Å². The van der Waals surface area contributed by atoms with Crippen molar-refractivity contribution in [1.29, 1.82) is 0 Å². The van der Waals surface area contributed by atoms with E-state index in [1.807, 2.05) is 14.1 Å². The minimum atomic E-state index is -0.491. The molecule has 0 unspecified atom stereocenters. The van der Waals surface area contributed by atoms with Gasteiger partial charge in [-0.25, -0.2) is 14.8 Å². The first-order chi connectivity index (χ1) is 8.63. The zero-order chi connectivity index (χ0) is 13.4. The first-order valence-corrected chi connectivity index (χ1v) is 6.02. The quantitative estimate of drug-likeness (QED) is 0.577. The third kappa shape index (κ3) is 5.09. The Bertz CT molecular complexity index is 382. The first-order valence-electron chi connectivity index (χ1n) is 6.02. The summed E-state index contributed by atoms with van der Waals surface area (Å²) in [7, 11) is 4.06. The molecule has 0 saturated heterocycles. The number of anilines is 1. The SMILES string of the molecule is CCOC(=O)c1nccc(NCCCN(C)C)n1. The summed E-state index contributed by atoms with van der Waals surface area (Å²) in [6.45, 7) is 3.88. The third-order valence-electron chi connectivity index (χ3n) is 2.20. The second kappa shape index (κ2) is 7.60. The van der Waals surface area contributed by atoms with Crippen LogP contribution >= 0.6 is 0 Å². The average Bonchev–Trinajstić information content (AvgIpc) is 2.35. The predicted octanol–water partition coefficient (Wildman–Crippen LogP) is 1.02. The highest BCUT2D eigenvalue weighted by molar-refractivity contribution is 5.85. The zero-order valence-corrected chi connectivity index (χ0v) is 11.1. The zero-order valence-electron chi connectivity index (χ0n) is 11.1. The molecule has 18 heavy (non-hydrogen) atoms. The number of hydrogen-bond donors (Lipinski definition) is 1. The maximum atomic E-state index is 11.4. The molecule has 6 heteroatoms. The predicted molar refractivity (Wildman–Crippen MR) is 69.6 cm³/mol. The van der Waals surface area contributed by atoms with Gasteiger partial charge < -0.3 is 15.0 Å². The number of ether oxygens (including phenoxy) is 1. The summed E-state index contributed by atoms with van der Waals surface area (Å²) in [5.74, 6) is 0.246. The molecule has 0 aliphatic carbocycles. The maximum absolute atomic E-state index is 11.4. The molecule has 0 amide bonds. The molecule has 0 atom stereocenters. The van der Waals surface area contributed by atoms with Crippen molar-refractivity contribution in [2.75, 3.05) is 39.1 Å². The lowest BCUT2D eigenvalue weighted by Gasteiger charge is -2.10.